The summed E-state index contributed by atoms with van der Waals surface area (Å²) < 4.78 is 0. The van der Waals surface area contributed by atoms with Gasteiger partial charge in [0.2, 0.25) is 0 Å². The SMILES string of the molecule is N[C@H]1CCCC[C@@H]1N=C(Nc1ccc(Cl)cc1Cl)N1CCC(N2CCCC2)CC1. The maximum atomic E-state index is 6.44. The Bertz CT molecular complexity index is 711. The van der Waals surface area contributed by atoms with Crippen LogP contribution in [-0.2, 0) is 0 Å². The molecular weight excluding hydrogens is 405 g/mol. The fourth-order valence-electron chi connectivity index (χ4n) is 4.91. The number of halogens is 2. The lowest BCUT2D eigenvalue weighted by atomic mass is 9.91. The fourth-order valence-corrected chi connectivity index (χ4v) is 5.37. The van der Waals surface area contributed by atoms with Crippen LogP contribution in [0, 0.1) is 0 Å². The summed E-state index contributed by atoms with van der Waals surface area (Å²) >= 11 is 12.5. The number of guanidine groups is 1. The summed E-state index contributed by atoms with van der Waals surface area (Å²) in [4.78, 5) is 10.2. The number of nitrogens with one attached hydrogen (secondary N) is 1. The molecule has 2 saturated heterocycles. The summed E-state index contributed by atoms with van der Waals surface area (Å²) in [6, 6.07) is 6.59. The van der Waals surface area contributed by atoms with Gasteiger partial charge < -0.3 is 20.9 Å². The second-order valence-corrected chi connectivity index (χ2v) is 9.52. The molecular formula is C22H33Cl2N5. The van der Waals surface area contributed by atoms with E-state index in [1.54, 1.807) is 6.07 Å². The van der Waals surface area contributed by atoms with Gasteiger partial charge in [0.25, 0.3) is 0 Å². The highest BCUT2D eigenvalue weighted by molar-refractivity contribution is 6.36. The van der Waals surface area contributed by atoms with E-state index < -0.39 is 0 Å². The normalized spacial score (nSPS) is 27.4. The molecule has 2 heterocycles. The molecule has 7 heteroatoms. The van der Waals surface area contributed by atoms with Crippen molar-refractivity contribution in [2.45, 2.75) is 69.5 Å². The van der Waals surface area contributed by atoms with Gasteiger partial charge in [0, 0.05) is 30.2 Å². The third-order valence-corrected chi connectivity index (χ3v) is 7.22. The maximum Gasteiger partial charge on any atom is 0.198 e. The second-order valence-electron chi connectivity index (χ2n) is 8.68. The van der Waals surface area contributed by atoms with Gasteiger partial charge >= 0.3 is 0 Å². The lowest BCUT2D eigenvalue weighted by molar-refractivity contribution is 0.163. The van der Waals surface area contributed by atoms with Crippen molar-refractivity contribution in [1.82, 2.24) is 9.80 Å². The molecule has 0 radical (unpaired) electrons. The molecule has 1 aromatic carbocycles. The van der Waals surface area contributed by atoms with Crippen LogP contribution in [0.3, 0.4) is 0 Å². The molecule has 4 rings (SSSR count). The molecule has 2 atom stereocenters. The Morgan fingerprint density at radius 2 is 1.69 bits per heavy atom. The minimum atomic E-state index is 0.142. The molecule has 1 saturated carbocycles. The predicted molar refractivity (Wildman–Crippen MR) is 123 cm³/mol. The summed E-state index contributed by atoms with van der Waals surface area (Å²) in [6.07, 6.45) is 9.60. The van der Waals surface area contributed by atoms with Crippen LogP contribution in [0.5, 0.6) is 0 Å². The highest BCUT2D eigenvalue weighted by atomic mass is 35.5. The number of nitrogens with zero attached hydrogens (tertiary/aromatic N) is 3. The summed E-state index contributed by atoms with van der Waals surface area (Å²) in [5.74, 6) is 0.913. The minimum Gasteiger partial charge on any atom is -0.343 e. The Kier molecular flexibility index (Phi) is 7.22. The smallest absolute Gasteiger partial charge is 0.198 e. The van der Waals surface area contributed by atoms with Crippen LogP contribution in [0.15, 0.2) is 23.2 Å². The molecule has 160 valence electrons. The number of nitrogens with two attached hydrogens (primary N) is 1. The van der Waals surface area contributed by atoms with E-state index in [9.17, 15) is 0 Å². The zero-order valence-electron chi connectivity index (χ0n) is 17.1. The lowest BCUT2D eigenvalue weighted by Crippen LogP contribution is -2.49. The van der Waals surface area contributed by atoms with E-state index in [1.807, 2.05) is 12.1 Å². The van der Waals surface area contributed by atoms with E-state index in [1.165, 1.54) is 51.6 Å². The van der Waals surface area contributed by atoms with Gasteiger partial charge in [-0.1, -0.05) is 36.0 Å². The Morgan fingerprint density at radius 3 is 2.38 bits per heavy atom. The van der Waals surface area contributed by atoms with Crippen LogP contribution in [0.1, 0.15) is 51.4 Å². The average Bonchev–Trinajstić information content (AvgIpc) is 3.26. The van der Waals surface area contributed by atoms with Crippen LogP contribution in [0.25, 0.3) is 0 Å². The Morgan fingerprint density at radius 1 is 0.966 bits per heavy atom. The first-order valence-corrected chi connectivity index (χ1v) is 11.9. The number of aliphatic imine (C=N–C) groups is 1. The van der Waals surface area contributed by atoms with Gasteiger partial charge in [0.1, 0.15) is 0 Å². The fraction of sp³-hybridized carbons (Fsp3) is 0.682. The Hall–Kier alpha value is -1.01. The number of rotatable bonds is 3. The standard InChI is InChI=1S/C22H33Cl2N5/c23-16-7-8-20(18(24)15-16)26-22(27-21-6-2-1-5-19(21)25)29-13-9-17(10-14-29)28-11-3-4-12-28/h7-8,15,17,19,21H,1-6,9-14,25H2,(H,26,27)/t19-,21-/m0/s1. The molecule has 0 spiro atoms. The van der Waals surface area contributed by atoms with Crippen LogP contribution in [0.4, 0.5) is 5.69 Å². The van der Waals surface area contributed by atoms with Crippen molar-refractivity contribution in [1.29, 1.82) is 0 Å². The summed E-state index contributed by atoms with van der Waals surface area (Å²) in [6.45, 7) is 4.56. The molecule has 0 aromatic heterocycles. The maximum absolute atomic E-state index is 6.44. The van der Waals surface area contributed by atoms with Gasteiger partial charge in [0.15, 0.2) is 5.96 Å². The van der Waals surface area contributed by atoms with Crippen LogP contribution in [-0.4, -0.2) is 60.1 Å². The molecule has 3 aliphatic rings. The van der Waals surface area contributed by atoms with E-state index >= 15 is 0 Å². The summed E-state index contributed by atoms with van der Waals surface area (Å²) in [7, 11) is 0. The Balaban J connectivity index is 1.50. The molecule has 5 nitrogen and oxygen atoms in total. The zero-order valence-corrected chi connectivity index (χ0v) is 18.6. The molecule has 29 heavy (non-hydrogen) atoms. The highest BCUT2D eigenvalue weighted by Gasteiger charge is 2.29. The first-order valence-electron chi connectivity index (χ1n) is 11.1. The van der Waals surface area contributed by atoms with E-state index in [0.717, 1.165) is 37.6 Å². The monoisotopic (exact) mass is 437 g/mol. The molecule has 3 fully saturated rings. The van der Waals surface area contributed by atoms with Gasteiger partial charge in [-0.05, 0) is 69.8 Å². The summed E-state index contributed by atoms with van der Waals surface area (Å²) in [5, 5.41) is 4.77. The third kappa shape index (κ3) is 5.38. The van der Waals surface area contributed by atoms with Gasteiger partial charge in [-0.25, -0.2) is 4.99 Å². The summed E-state index contributed by atoms with van der Waals surface area (Å²) in [5.41, 5.74) is 7.25. The van der Waals surface area contributed by atoms with Crippen LogP contribution >= 0.6 is 23.2 Å². The first-order chi connectivity index (χ1) is 14.1. The van der Waals surface area contributed by atoms with E-state index in [2.05, 4.69) is 15.1 Å². The number of hydrogen-bond donors (Lipinski definition) is 2. The molecule has 3 N–H and O–H groups in total. The third-order valence-electron chi connectivity index (χ3n) is 6.67. The van der Waals surface area contributed by atoms with Gasteiger partial charge in [0.05, 0.1) is 16.8 Å². The van der Waals surface area contributed by atoms with Gasteiger partial charge in [-0.2, -0.15) is 0 Å². The molecule has 0 unspecified atom stereocenters. The Labute approximate surface area is 184 Å². The molecule has 1 aliphatic carbocycles. The van der Waals surface area contributed by atoms with Crippen LogP contribution < -0.4 is 11.1 Å². The number of likely N-dealkylation sites (tertiary alicyclic amines) is 2. The quantitative estimate of drug-likeness (QED) is 0.535. The molecule has 0 bridgehead atoms. The van der Waals surface area contributed by atoms with E-state index in [-0.39, 0.29) is 12.1 Å². The number of piperidine rings is 1. The largest absolute Gasteiger partial charge is 0.343 e. The van der Waals surface area contributed by atoms with Gasteiger partial charge in [-0.15, -0.1) is 0 Å². The lowest BCUT2D eigenvalue weighted by Gasteiger charge is -2.39. The average molecular weight is 438 g/mol. The second kappa shape index (κ2) is 9.86. The number of benzene rings is 1. The predicted octanol–water partition coefficient (Wildman–Crippen LogP) is 4.59. The van der Waals surface area contributed by atoms with Crippen molar-refractivity contribution < 1.29 is 0 Å². The van der Waals surface area contributed by atoms with Crippen molar-refractivity contribution in [2.75, 3.05) is 31.5 Å². The van der Waals surface area contributed by atoms with Crippen molar-refractivity contribution >= 4 is 34.8 Å². The van der Waals surface area contributed by atoms with Gasteiger partial charge in [-0.3, -0.25) is 0 Å². The molecule has 2 aliphatic heterocycles. The molecule has 0 amide bonds. The minimum absolute atomic E-state index is 0.142. The van der Waals surface area contributed by atoms with E-state index in [0.29, 0.717) is 16.1 Å². The van der Waals surface area contributed by atoms with Crippen molar-refractivity contribution in [3.63, 3.8) is 0 Å². The van der Waals surface area contributed by atoms with Crippen molar-refractivity contribution in [3.05, 3.63) is 28.2 Å². The number of hydrogen-bond acceptors (Lipinski definition) is 3. The zero-order chi connectivity index (χ0) is 20.2. The highest BCUT2D eigenvalue weighted by Crippen LogP contribution is 2.28. The molecule has 1 aromatic rings. The van der Waals surface area contributed by atoms with Crippen molar-refractivity contribution in [2.24, 2.45) is 10.7 Å². The van der Waals surface area contributed by atoms with E-state index in [4.69, 9.17) is 33.9 Å². The number of anilines is 1. The topological polar surface area (TPSA) is 56.9 Å². The first kappa shape index (κ1) is 21.2. The van der Waals surface area contributed by atoms with Crippen LogP contribution in [0.2, 0.25) is 10.0 Å². The van der Waals surface area contributed by atoms with Crippen molar-refractivity contribution in [3.8, 4) is 0 Å².